The third kappa shape index (κ3) is 6.71. The molecule has 4 nitrogen and oxygen atoms in total. The van der Waals surface area contributed by atoms with Gasteiger partial charge in [0.05, 0.1) is 18.9 Å². The van der Waals surface area contributed by atoms with Crippen LogP contribution in [0.1, 0.15) is 32.6 Å². The second-order valence-corrected chi connectivity index (χ2v) is 3.27. The summed E-state index contributed by atoms with van der Waals surface area (Å²) in [6, 6.07) is 0. The number of hydrogen-bond donors (Lipinski definition) is 1. The highest BCUT2D eigenvalue weighted by atomic mass is 16.5. The number of hydrogen-bond acceptors (Lipinski definition) is 3. The van der Waals surface area contributed by atoms with E-state index in [-0.39, 0.29) is 13.0 Å². The van der Waals surface area contributed by atoms with Crippen LogP contribution in [-0.2, 0) is 14.3 Å². The zero-order chi connectivity index (χ0) is 11.7. The van der Waals surface area contributed by atoms with Gasteiger partial charge in [-0.15, -0.1) is 6.58 Å². The van der Waals surface area contributed by atoms with Gasteiger partial charge in [0.1, 0.15) is 0 Å². The molecule has 1 atom stereocenters. The van der Waals surface area contributed by atoms with Crippen molar-refractivity contribution in [2.75, 3.05) is 6.61 Å². The highest BCUT2D eigenvalue weighted by Crippen LogP contribution is 2.15. The summed E-state index contributed by atoms with van der Waals surface area (Å²) in [5, 5.41) is 8.63. The normalized spacial score (nSPS) is 11.8. The predicted molar refractivity (Wildman–Crippen MR) is 56.4 cm³/mol. The Labute approximate surface area is 89.9 Å². The molecule has 15 heavy (non-hydrogen) atoms. The Kier molecular flexibility index (Phi) is 7.32. The molecule has 0 rings (SSSR count). The fourth-order valence-corrected chi connectivity index (χ4v) is 1.28. The highest BCUT2D eigenvalue weighted by Gasteiger charge is 2.22. The van der Waals surface area contributed by atoms with Gasteiger partial charge in [-0.2, -0.15) is 0 Å². The largest absolute Gasteiger partial charge is 0.481 e. The summed E-state index contributed by atoms with van der Waals surface area (Å²) in [6.07, 6.45) is 3.69. The van der Waals surface area contributed by atoms with Gasteiger partial charge < -0.3 is 9.84 Å². The molecular weight excluding hydrogens is 196 g/mol. The van der Waals surface area contributed by atoms with E-state index in [1.54, 1.807) is 13.0 Å². The fraction of sp³-hybridized carbons (Fsp3) is 0.636. The van der Waals surface area contributed by atoms with Crippen molar-refractivity contribution in [3.05, 3.63) is 12.7 Å². The summed E-state index contributed by atoms with van der Waals surface area (Å²) in [4.78, 5) is 21.9. The molecule has 1 unspecified atom stereocenters. The van der Waals surface area contributed by atoms with Gasteiger partial charge in [0.25, 0.3) is 0 Å². The quantitative estimate of drug-likeness (QED) is 0.381. The number of aliphatic carboxylic acids is 1. The van der Waals surface area contributed by atoms with E-state index >= 15 is 0 Å². The Morgan fingerprint density at radius 3 is 2.67 bits per heavy atom. The van der Waals surface area contributed by atoms with Gasteiger partial charge in [-0.1, -0.05) is 6.08 Å². The molecule has 0 aliphatic carbocycles. The zero-order valence-electron chi connectivity index (χ0n) is 9.07. The first-order chi connectivity index (χ1) is 7.11. The smallest absolute Gasteiger partial charge is 0.309 e. The number of carbonyl (C=O) groups is 2. The van der Waals surface area contributed by atoms with Crippen LogP contribution in [0.2, 0.25) is 0 Å². The van der Waals surface area contributed by atoms with Crippen molar-refractivity contribution in [1.29, 1.82) is 0 Å². The average molecular weight is 214 g/mol. The minimum Gasteiger partial charge on any atom is -0.481 e. The Morgan fingerprint density at radius 2 is 2.20 bits per heavy atom. The minimum absolute atomic E-state index is 0.157. The molecule has 0 aliphatic heterocycles. The Hall–Kier alpha value is -1.32. The van der Waals surface area contributed by atoms with Crippen LogP contribution in [-0.4, -0.2) is 23.7 Å². The Morgan fingerprint density at radius 1 is 1.53 bits per heavy atom. The molecule has 0 aromatic carbocycles. The number of unbranched alkanes of at least 4 members (excludes halogenated alkanes) is 1. The molecule has 0 saturated carbocycles. The van der Waals surface area contributed by atoms with Gasteiger partial charge in [-0.05, 0) is 26.2 Å². The van der Waals surface area contributed by atoms with Crippen molar-refractivity contribution in [2.24, 2.45) is 5.92 Å². The van der Waals surface area contributed by atoms with Crippen LogP contribution in [0.3, 0.4) is 0 Å². The average Bonchev–Trinajstić information content (AvgIpc) is 2.16. The van der Waals surface area contributed by atoms with Crippen LogP contribution in [0, 0.1) is 5.92 Å². The SMILES string of the molecule is C=CCCCC(CC(=O)O)C(=O)OCC. The summed E-state index contributed by atoms with van der Waals surface area (Å²) in [5.74, 6) is -1.90. The lowest BCUT2D eigenvalue weighted by molar-refractivity contribution is -0.153. The monoisotopic (exact) mass is 214 g/mol. The van der Waals surface area contributed by atoms with Crippen LogP contribution in [0.5, 0.6) is 0 Å². The van der Waals surface area contributed by atoms with Gasteiger partial charge in [-0.25, -0.2) is 0 Å². The Balaban J connectivity index is 4.10. The summed E-state index contributed by atoms with van der Waals surface area (Å²) in [5.41, 5.74) is 0. The van der Waals surface area contributed by atoms with E-state index in [1.807, 2.05) is 0 Å². The van der Waals surface area contributed by atoms with Gasteiger partial charge in [0.15, 0.2) is 0 Å². The van der Waals surface area contributed by atoms with E-state index < -0.39 is 17.9 Å². The number of carboxylic acid groups (broad SMARTS) is 1. The summed E-state index contributed by atoms with van der Waals surface area (Å²) in [7, 11) is 0. The van der Waals surface area contributed by atoms with Gasteiger partial charge in [0, 0.05) is 0 Å². The number of carboxylic acids is 1. The van der Waals surface area contributed by atoms with Crippen LogP contribution in [0.25, 0.3) is 0 Å². The molecule has 0 fully saturated rings. The molecule has 4 heteroatoms. The molecule has 1 N–H and O–H groups in total. The van der Waals surface area contributed by atoms with E-state index in [4.69, 9.17) is 9.84 Å². The second-order valence-electron chi connectivity index (χ2n) is 3.27. The van der Waals surface area contributed by atoms with Crippen molar-refractivity contribution in [2.45, 2.75) is 32.6 Å². The van der Waals surface area contributed by atoms with Crippen LogP contribution >= 0.6 is 0 Å². The topological polar surface area (TPSA) is 63.6 Å². The fourth-order valence-electron chi connectivity index (χ4n) is 1.28. The first kappa shape index (κ1) is 13.7. The lowest BCUT2D eigenvalue weighted by atomic mass is 9.98. The van der Waals surface area contributed by atoms with Crippen LogP contribution < -0.4 is 0 Å². The van der Waals surface area contributed by atoms with E-state index in [9.17, 15) is 9.59 Å². The molecule has 0 aromatic rings. The molecule has 0 spiro atoms. The van der Waals surface area contributed by atoms with Crippen molar-refractivity contribution in [1.82, 2.24) is 0 Å². The van der Waals surface area contributed by atoms with Crippen molar-refractivity contribution in [3.63, 3.8) is 0 Å². The van der Waals surface area contributed by atoms with E-state index in [2.05, 4.69) is 6.58 Å². The molecule has 0 bridgehead atoms. The summed E-state index contributed by atoms with van der Waals surface area (Å²) >= 11 is 0. The predicted octanol–water partition coefficient (Wildman–Crippen LogP) is 2.00. The van der Waals surface area contributed by atoms with E-state index in [0.717, 1.165) is 12.8 Å². The number of carbonyl (C=O) groups excluding carboxylic acids is 1. The first-order valence-electron chi connectivity index (χ1n) is 5.11. The third-order valence-electron chi connectivity index (χ3n) is 2.00. The maximum atomic E-state index is 11.4. The summed E-state index contributed by atoms with van der Waals surface area (Å²) in [6.45, 7) is 5.56. The molecule has 0 amide bonds. The molecule has 0 aliphatic rings. The minimum atomic E-state index is -0.966. The number of rotatable bonds is 8. The molecule has 86 valence electrons. The first-order valence-corrected chi connectivity index (χ1v) is 5.11. The maximum absolute atomic E-state index is 11.4. The van der Waals surface area contributed by atoms with Crippen molar-refractivity contribution >= 4 is 11.9 Å². The molecular formula is C11H18O4. The lowest BCUT2D eigenvalue weighted by Crippen LogP contribution is -2.21. The lowest BCUT2D eigenvalue weighted by Gasteiger charge is -2.12. The Bertz CT molecular complexity index is 223. The zero-order valence-corrected chi connectivity index (χ0v) is 9.07. The van der Waals surface area contributed by atoms with Crippen molar-refractivity contribution < 1.29 is 19.4 Å². The van der Waals surface area contributed by atoms with E-state index in [1.165, 1.54) is 0 Å². The standard InChI is InChI=1S/C11H18O4/c1-3-5-6-7-9(8-10(12)13)11(14)15-4-2/h3,9H,1,4-8H2,2H3,(H,12,13). The number of ether oxygens (including phenoxy) is 1. The molecule has 0 heterocycles. The maximum Gasteiger partial charge on any atom is 0.309 e. The highest BCUT2D eigenvalue weighted by molar-refractivity contribution is 5.78. The molecule has 0 radical (unpaired) electrons. The van der Waals surface area contributed by atoms with E-state index in [0.29, 0.717) is 6.42 Å². The van der Waals surface area contributed by atoms with Gasteiger partial charge >= 0.3 is 11.9 Å². The second kappa shape index (κ2) is 8.03. The van der Waals surface area contributed by atoms with Gasteiger partial charge in [-0.3, -0.25) is 9.59 Å². The number of allylic oxidation sites excluding steroid dienone is 1. The molecule has 0 aromatic heterocycles. The van der Waals surface area contributed by atoms with Crippen LogP contribution in [0.15, 0.2) is 12.7 Å². The molecule has 0 saturated heterocycles. The summed E-state index contributed by atoms with van der Waals surface area (Å²) < 4.78 is 4.81. The number of esters is 1. The third-order valence-corrected chi connectivity index (χ3v) is 2.00. The van der Waals surface area contributed by atoms with Gasteiger partial charge in [0.2, 0.25) is 0 Å². The van der Waals surface area contributed by atoms with Crippen LogP contribution in [0.4, 0.5) is 0 Å². The van der Waals surface area contributed by atoms with Crippen molar-refractivity contribution in [3.8, 4) is 0 Å².